The predicted octanol–water partition coefficient (Wildman–Crippen LogP) is 1.72. The smallest absolute Gasteiger partial charge is 0.195 e. The van der Waals surface area contributed by atoms with Gasteiger partial charge in [0.25, 0.3) is 0 Å². The minimum atomic E-state index is 0.519. The average molecular weight is 332 g/mol. The first-order valence-corrected chi connectivity index (χ1v) is 7.72. The summed E-state index contributed by atoms with van der Waals surface area (Å²) >= 11 is 0. The van der Waals surface area contributed by atoms with Crippen molar-refractivity contribution in [3.63, 3.8) is 0 Å². The molecule has 0 radical (unpaired) electrons. The van der Waals surface area contributed by atoms with E-state index in [9.17, 15) is 0 Å². The lowest BCUT2D eigenvalue weighted by molar-refractivity contribution is 0.311. The Balaban J connectivity index is 2.03. The second-order valence-electron chi connectivity index (χ2n) is 5.07. The number of methoxy groups -OCH3 is 1. The summed E-state index contributed by atoms with van der Waals surface area (Å²) in [5.74, 6) is 3.71. The van der Waals surface area contributed by atoms with Gasteiger partial charge in [-0.2, -0.15) is 0 Å². The van der Waals surface area contributed by atoms with Crippen LogP contribution >= 0.6 is 0 Å². The van der Waals surface area contributed by atoms with Crippen molar-refractivity contribution in [2.45, 2.75) is 20.4 Å². The third-order valence-electron chi connectivity index (χ3n) is 3.55. The summed E-state index contributed by atoms with van der Waals surface area (Å²) in [6, 6.07) is 5.64. The maximum absolute atomic E-state index is 5.52. The van der Waals surface area contributed by atoms with Crippen molar-refractivity contribution < 1.29 is 9.47 Å². The molecule has 2 N–H and O–H groups in total. The maximum Gasteiger partial charge on any atom is 0.195 e. The number of nitrogens with zero attached hydrogens (tertiary/aromatic N) is 4. The van der Waals surface area contributed by atoms with Crippen LogP contribution in [0.5, 0.6) is 11.5 Å². The summed E-state index contributed by atoms with van der Waals surface area (Å²) < 4.78 is 12.8. The Labute approximate surface area is 141 Å². The Bertz CT molecular complexity index is 711. The number of ether oxygens (including phenoxy) is 2. The van der Waals surface area contributed by atoms with Gasteiger partial charge in [-0.15, -0.1) is 10.2 Å². The van der Waals surface area contributed by atoms with Crippen molar-refractivity contribution in [1.29, 1.82) is 0 Å². The summed E-state index contributed by atoms with van der Waals surface area (Å²) in [5.41, 5.74) is 0.845. The first kappa shape index (κ1) is 17.6. The van der Waals surface area contributed by atoms with Crippen LogP contribution in [0.3, 0.4) is 0 Å². The van der Waals surface area contributed by atoms with Crippen LogP contribution in [-0.4, -0.2) is 41.5 Å². The third kappa shape index (κ3) is 4.15. The Hall–Kier alpha value is -2.77. The fourth-order valence-corrected chi connectivity index (χ4v) is 2.10. The zero-order chi connectivity index (χ0) is 17.5. The molecule has 0 aliphatic rings. The molecule has 0 aliphatic carbocycles. The van der Waals surface area contributed by atoms with Crippen molar-refractivity contribution in [2.24, 2.45) is 12.0 Å². The Morgan fingerprint density at radius 1 is 1.29 bits per heavy atom. The summed E-state index contributed by atoms with van der Waals surface area (Å²) in [4.78, 5) is 4.21. The lowest BCUT2D eigenvalue weighted by Crippen LogP contribution is -2.31. The predicted molar refractivity (Wildman–Crippen MR) is 93.7 cm³/mol. The molecular formula is C16H24N6O2. The van der Waals surface area contributed by atoms with Crippen LogP contribution in [0.4, 0.5) is 5.69 Å². The van der Waals surface area contributed by atoms with Gasteiger partial charge in [-0.1, -0.05) is 0 Å². The molecule has 1 heterocycles. The van der Waals surface area contributed by atoms with Crippen LogP contribution in [0.25, 0.3) is 0 Å². The normalized spacial score (nSPS) is 11.3. The second-order valence-corrected chi connectivity index (χ2v) is 5.07. The van der Waals surface area contributed by atoms with Gasteiger partial charge >= 0.3 is 0 Å². The topological polar surface area (TPSA) is 85.6 Å². The molecule has 8 nitrogen and oxygen atoms in total. The van der Waals surface area contributed by atoms with Gasteiger partial charge in [-0.3, -0.25) is 4.99 Å². The number of hydrogen-bond donors (Lipinski definition) is 2. The SMILES string of the molecule is CCOc1ccc(NC(=NC)NCc2nnc(C)n2C)cc1OC. The summed E-state index contributed by atoms with van der Waals surface area (Å²) in [6.07, 6.45) is 0. The van der Waals surface area contributed by atoms with E-state index in [1.54, 1.807) is 14.2 Å². The summed E-state index contributed by atoms with van der Waals surface area (Å²) in [5, 5.41) is 14.6. The van der Waals surface area contributed by atoms with Gasteiger partial charge in [0.2, 0.25) is 0 Å². The zero-order valence-corrected chi connectivity index (χ0v) is 14.8. The number of aromatic nitrogens is 3. The fourth-order valence-electron chi connectivity index (χ4n) is 2.10. The fraction of sp³-hybridized carbons (Fsp3) is 0.438. The molecule has 0 amide bonds. The second kappa shape index (κ2) is 8.19. The van der Waals surface area contributed by atoms with Crippen molar-refractivity contribution in [1.82, 2.24) is 20.1 Å². The molecule has 0 saturated heterocycles. The van der Waals surface area contributed by atoms with E-state index in [1.165, 1.54) is 0 Å². The highest BCUT2D eigenvalue weighted by atomic mass is 16.5. The van der Waals surface area contributed by atoms with Gasteiger partial charge in [0.15, 0.2) is 23.3 Å². The van der Waals surface area contributed by atoms with Crippen LogP contribution < -0.4 is 20.1 Å². The van der Waals surface area contributed by atoms with Crippen LogP contribution in [0.1, 0.15) is 18.6 Å². The first-order valence-electron chi connectivity index (χ1n) is 7.72. The molecule has 8 heteroatoms. The lowest BCUT2D eigenvalue weighted by atomic mass is 10.2. The molecule has 1 aromatic heterocycles. The van der Waals surface area contributed by atoms with Gasteiger partial charge in [0, 0.05) is 25.8 Å². The van der Waals surface area contributed by atoms with Crippen LogP contribution in [0.2, 0.25) is 0 Å². The Kier molecular flexibility index (Phi) is 6.00. The maximum atomic E-state index is 5.52. The van der Waals surface area contributed by atoms with Gasteiger partial charge in [0.05, 0.1) is 20.3 Å². The van der Waals surface area contributed by atoms with E-state index in [0.717, 1.165) is 17.3 Å². The minimum Gasteiger partial charge on any atom is -0.493 e. The van der Waals surface area contributed by atoms with Crippen LogP contribution in [-0.2, 0) is 13.6 Å². The van der Waals surface area contributed by atoms with Gasteiger partial charge in [-0.05, 0) is 26.0 Å². The largest absolute Gasteiger partial charge is 0.493 e. The molecule has 0 saturated carbocycles. The quantitative estimate of drug-likeness (QED) is 0.619. The van der Waals surface area contributed by atoms with Crippen LogP contribution in [0, 0.1) is 6.92 Å². The van der Waals surface area contributed by atoms with Crippen molar-refractivity contribution in [3.8, 4) is 11.5 Å². The number of nitrogens with one attached hydrogen (secondary N) is 2. The number of rotatable bonds is 6. The lowest BCUT2D eigenvalue weighted by Gasteiger charge is -2.14. The summed E-state index contributed by atoms with van der Waals surface area (Å²) in [7, 11) is 5.26. The molecule has 1 aromatic carbocycles. The Morgan fingerprint density at radius 3 is 2.67 bits per heavy atom. The molecule has 0 fully saturated rings. The molecule has 0 unspecified atom stereocenters. The first-order chi connectivity index (χ1) is 11.6. The molecule has 24 heavy (non-hydrogen) atoms. The average Bonchev–Trinajstić information content (AvgIpc) is 2.91. The molecule has 2 rings (SSSR count). The number of aliphatic imine (C=N–C) groups is 1. The number of hydrogen-bond acceptors (Lipinski definition) is 5. The van der Waals surface area contributed by atoms with E-state index in [1.807, 2.05) is 43.7 Å². The number of guanidine groups is 1. The van der Waals surface area contributed by atoms with E-state index in [-0.39, 0.29) is 0 Å². The highest BCUT2D eigenvalue weighted by Crippen LogP contribution is 2.30. The molecular weight excluding hydrogens is 308 g/mol. The number of benzene rings is 1. The van der Waals surface area contributed by atoms with Gasteiger partial charge in [-0.25, -0.2) is 0 Å². The minimum absolute atomic E-state index is 0.519. The highest BCUT2D eigenvalue weighted by Gasteiger charge is 2.08. The van der Waals surface area contributed by atoms with Crippen molar-refractivity contribution >= 4 is 11.6 Å². The number of anilines is 1. The Morgan fingerprint density at radius 2 is 2.08 bits per heavy atom. The highest BCUT2D eigenvalue weighted by molar-refractivity contribution is 5.93. The van der Waals surface area contributed by atoms with E-state index in [4.69, 9.17) is 9.47 Å². The van der Waals surface area contributed by atoms with E-state index >= 15 is 0 Å². The molecule has 0 atom stereocenters. The monoisotopic (exact) mass is 332 g/mol. The van der Waals surface area contributed by atoms with Gasteiger partial charge < -0.3 is 24.7 Å². The molecule has 0 spiro atoms. The molecule has 2 aromatic rings. The molecule has 130 valence electrons. The molecule has 0 aliphatic heterocycles. The van der Waals surface area contributed by atoms with Crippen LogP contribution in [0.15, 0.2) is 23.2 Å². The van der Waals surface area contributed by atoms with E-state index in [2.05, 4.69) is 25.8 Å². The number of aryl methyl sites for hydroxylation is 1. The standard InChI is InChI=1S/C16H24N6O2/c1-6-24-13-8-7-12(9-14(13)23-5)19-16(17-3)18-10-15-21-20-11(2)22(15)4/h7-9H,6,10H2,1-5H3,(H2,17,18,19). The van der Waals surface area contributed by atoms with Crippen molar-refractivity contribution in [3.05, 3.63) is 29.8 Å². The molecule has 0 bridgehead atoms. The van der Waals surface area contributed by atoms with Gasteiger partial charge in [0.1, 0.15) is 5.82 Å². The van der Waals surface area contributed by atoms with E-state index < -0.39 is 0 Å². The van der Waals surface area contributed by atoms with E-state index in [0.29, 0.717) is 30.6 Å². The third-order valence-corrected chi connectivity index (χ3v) is 3.55. The summed E-state index contributed by atoms with van der Waals surface area (Å²) in [6.45, 7) is 4.95. The van der Waals surface area contributed by atoms with Crippen molar-refractivity contribution in [2.75, 3.05) is 26.1 Å². The zero-order valence-electron chi connectivity index (χ0n) is 14.8.